The van der Waals surface area contributed by atoms with Crippen LogP contribution in [0.15, 0.2) is 36.9 Å². The van der Waals surface area contributed by atoms with E-state index in [0.717, 1.165) is 37.4 Å². The Morgan fingerprint density at radius 3 is 1.90 bits per heavy atom. The zero-order valence-electron chi connectivity index (χ0n) is 20.9. The minimum atomic E-state index is -5.08. The number of aryl methyl sites for hydroxylation is 1. The molecule has 0 bridgehead atoms. The number of morpholine rings is 1. The number of rotatable bonds is 2. The van der Waals surface area contributed by atoms with Gasteiger partial charge in [0.15, 0.2) is 0 Å². The van der Waals surface area contributed by atoms with Gasteiger partial charge in [0.2, 0.25) is 5.95 Å². The second-order valence-corrected chi connectivity index (χ2v) is 8.65. The first kappa shape index (κ1) is 32.2. The van der Waals surface area contributed by atoms with E-state index in [-0.39, 0.29) is 11.5 Å². The fraction of sp³-hybridized carbons (Fsp3) is 0.478. The number of ether oxygens (including phenoxy) is 1. The van der Waals surface area contributed by atoms with Gasteiger partial charge in [-0.3, -0.25) is 9.78 Å². The van der Waals surface area contributed by atoms with Gasteiger partial charge in [-0.2, -0.15) is 26.3 Å². The van der Waals surface area contributed by atoms with Crippen LogP contribution in [0.2, 0.25) is 0 Å². The first-order valence-electron chi connectivity index (χ1n) is 11.5. The number of anilines is 1. The Morgan fingerprint density at radius 1 is 0.925 bits per heavy atom. The largest absolute Gasteiger partial charge is 0.490 e. The van der Waals surface area contributed by atoms with Crippen LogP contribution in [-0.4, -0.2) is 98.7 Å². The van der Waals surface area contributed by atoms with Crippen LogP contribution >= 0.6 is 0 Å². The molecule has 17 heteroatoms. The molecule has 0 radical (unpaired) electrons. The van der Waals surface area contributed by atoms with Gasteiger partial charge in [0.1, 0.15) is 0 Å². The van der Waals surface area contributed by atoms with Gasteiger partial charge in [0.05, 0.1) is 24.3 Å². The van der Waals surface area contributed by atoms with E-state index in [4.69, 9.17) is 24.5 Å². The summed E-state index contributed by atoms with van der Waals surface area (Å²) in [4.78, 5) is 47.5. The number of piperidine rings is 1. The molecule has 0 aromatic carbocycles. The number of aliphatic carboxylic acids is 2. The first-order chi connectivity index (χ1) is 18.5. The smallest absolute Gasteiger partial charge is 0.475 e. The molecule has 2 aliphatic heterocycles. The average Bonchev–Trinajstić information content (AvgIpc) is 2.89. The van der Waals surface area contributed by atoms with Crippen molar-refractivity contribution in [3.8, 4) is 0 Å². The monoisotopic (exact) mass is 581 g/mol. The fourth-order valence-corrected chi connectivity index (χ4v) is 3.66. The van der Waals surface area contributed by atoms with Crippen molar-refractivity contribution in [1.29, 1.82) is 0 Å². The van der Waals surface area contributed by atoms with E-state index in [0.29, 0.717) is 25.3 Å². The second-order valence-electron chi connectivity index (χ2n) is 8.65. The third-order valence-electron chi connectivity index (χ3n) is 5.65. The van der Waals surface area contributed by atoms with Gasteiger partial charge < -0.3 is 24.7 Å². The van der Waals surface area contributed by atoms with Crippen molar-refractivity contribution < 1.29 is 55.7 Å². The van der Waals surface area contributed by atoms with Crippen LogP contribution in [0, 0.1) is 6.92 Å². The van der Waals surface area contributed by atoms with Crippen LogP contribution in [0.4, 0.5) is 32.3 Å². The molecule has 2 aliphatic rings. The molecule has 220 valence electrons. The Labute approximate surface area is 223 Å². The number of halogens is 6. The molecule has 0 unspecified atom stereocenters. The number of nitrogens with zero attached hydrogens (tertiary/aromatic N) is 5. The maximum Gasteiger partial charge on any atom is 0.490 e. The Balaban J connectivity index is 0.000000333. The lowest BCUT2D eigenvalue weighted by Crippen LogP contribution is -2.58. The number of alkyl halides is 6. The van der Waals surface area contributed by atoms with E-state index >= 15 is 0 Å². The lowest BCUT2D eigenvalue weighted by Gasteiger charge is -2.47. The average molecular weight is 581 g/mol. The topological polar surface area (TPSA) is 146 Å². The molecule has 2 aromatic rings. The summed E-state index contributed by atoms with van der Waals surface area (Å²) < 4.78 is 69.6. The minimum Gasteiger partial charge on any atom is -0.475 e. The Hall–Kier alpha value is -4.02. The molecular weight excluding hydrogens is 556 g/mol. The summed E-state index contributed by atoms with van der Waals surface area (Å²) in [5.74, 6) is -4.71. The maximum absolute atomic E-state index is 12.7. The number of carboxylic acid groups (broad SMARTS) is 2. The molecule has 2 saturated heterocycles. The number of carboxylic acids is 2. The second kappa shape index (κ2) is 13.4. The number of pyridine rings is 1. The fourth-order valence-electron chi connectivity index (χ4n) is 3.66. The van der Waals surface area contributed by atoms with E-state index in [9.17, 15) is 31.1 Å². The summed E-state index contributed by atoms with van der Waals surface area (Å²) in [7, 11) is 0. The van der Waals surface area contributed by atoms with Crippen LogP contribution in [0.3, 0.4) is 0 Å². The third kappa shape index (κ3) is 9.62. The normalized spacial score (nSPS) is 16.7. The van der Waals surface area contributed by atoms with Crippen molar-refractivity contribution in [2.45, 2.75) is 37.7 Å². The zero-order chi connectivity index (χ0) is 30.1. The number of hydrogen-bond acceptors (Lipinski definition) is 8. The molecule has 2 N–H and O–H groups in total. The summed E-state index contributed by atoms with van der Waals surface area (Å²) in [6, 6.07) is 3.61. The summed E-state index contributed by atoms with van der Waals surface area (Å²) in [6.45, 7) is 5.48. The van der Waals surface area contributed by atoms with Crippen molar-refractivity contribution in [1.82, 2.24) is 19.9 Å². The Morgan fingerprint density at radius 2 is 1.45 bits per heavy atom. The molecule has 40 heavy (non-hydrogen) atoms. The van der Waals surface area contributed by atoms with Crippen molar-refractivity contribution in [3.63, 3.8) is 0 Å². The van der Waals surface area contributed by atoms with Gasteiger partial charge >= 0.3 is 24.3 Å². The van der Waals surface area contributed by atoms with Crippen LogP contribution in [0.25, 0.3) is 0 Å². The number of amides is 1. The lowest BCUT2D eigenvalue weighted by atomic mass is 9.89. The van der Waals surface area contributed by atoms with E-state index in [1.807, 2.05) is 30.3 Å². The Kier molecular flexibility index (Phi) is 10.8. The highest BCUT2D eigenvalue weighted by atomic mass is 19.4. The molecular formula is C23H25F6N5O6. The quantitative estimate of drug-likeness (QED) is 0.508. The van der Waals surface area contributed by atoms with Gasteiger partial charge in [0.25, 0.3) is 5.91 Å². The van der Waals surface area contributed by atoms with Crippen LogP contribution in [0.1, 0.15) is 28.8 Å². The van der Waals surface area contributed by atoms with Crippen molar-refractivity contribution in [3.05, 3.63) is 48.0 Å². The molecule has 2 aromatic heterocycles. The summed E-state index contributed by atoms with van der Waals surface area (Å²) in [5.41, 5.74) is 1.43. The first-order valence-corrected chi connectivity index (χ1v) is 11.5. The van der Waals surface area contributed by atoms with Crippen LogP contribution in [-0.2, 0) is 14.3 Å². The molecule has 4 heterocycles. The van der Waals surface area contributed by atoms with Gasteiger partial charge in [-0.1, -0.05) is 0 Å². The highest BCUT2D eigenvalue weighted by Gasteiger charge is 2.42. The van der Waals surface area contributed by atoms with Gasteiger partial charge in [-0.05, 0) is 37.5 Å². The highest BCUT2D eigenvalue weighted by molar-refractivity contribution is 5.94. The van der Waals surface area contributed by atoms with Crippen LogP contribution < -0.4 is 4.90 Å². The molecule has 0 saturated carbocycles. The number of carbonyl (C=O) groups is 3. The van der Waals surface area contributed by atoms with Gasteiger partial charge in [-0.15, -0.1) is 0 Å². The van der Waals surface area contributed by atoms with Crippen LogP contribution in [0.5, 0.6) is 0 Å². The molecule has 1 amide bonds. The predicted molar refractivity (Wildman–Crippen MR) is 124 cm³/mol. The lowest BCUT2D eigenvalue weighted by molar-refractivity contribution is -0.193. The summed E-state index contributed by atoms with van der Waals surface area (Å²) in [5, 5.41) is 14.2. The summed E-state index contributed by atoms with van der Waals surface area (Å²) >= 11 is 0. The maximum atomic E-state index is 12.7. The van der Waals surface area contributed by atoms with E-state index in [1.54, 1.807) is 18.5 Å². The highest BCUT2D eigenvalue weighted by Crippen LogP contribution is 2.31. The zero-order valence-corrected chi connectivity index (χ0v) is 20.9. The van der Waals surface area contributed by atoms with E-state index < -0.39 is 24.3 Å². The van der Waals surface area contributed by atoms with Crippen molar-refractivity contribution >= 4 is 23.8 Å². The van der Waals surface area contributed by atoms with Gasteiger partial charge in [0, 0.05) is 44.4 Å². The van der Waals surface area contributed by atoms with E-state index in [1.165, 1.54) is 0 Å². The molecule has 11 nitrogen and oxygen atoms in total. The van der Waals surface area contributed by atoms with E-state index in [2.05, 4.69) is 19.9 Å². The molecule has 0 atom stereocenters. The Bertz CT molecular complexity index is 1120. The number of carbonyl (C=O) groups excluding carboxylic acids is 1. The molecule has 4 rings (SSSR count). The molecule has 2 fully saturated rings. The van der Waals surface area contributed by atoms with Gasteiger partial charge in [-0.25, -0.2) is 19.6 Å². The molecule has 0 aliphatic carbocycles. The van der Waals surface area contributed by atoms with Crippen molar-refractivity contribution in [2.75, 3.05) is 37.7 Å². The summed E-state index contributed by atoms with van der Waals surface area (Å²) in [6.07, 6.45) is -1.44. The number of aromatic nitrogens is 3. The number of hydrogen-bond donors (Lipinski definition) is 2. The SMILES string of the molecule is Cc1cnc(N2CCC3(CC2)CN(C(=O)c2cccnc2)CCO3)nc1.O=C(O)C(F)(F)F.O=C(O)C(F)(F)F. The predicted octanol–water partition coefficient (Wildman–Crippen LogP) is 2.96. The standard InChI is InChI=1S/C19H23N5O2.2C2HF3O2/c1-15-11-21-18(22-12-15)23-7-4-19(5-8-23)14-24(9-10-26-19)17(25)16-3-2-6-20-13-16;2*3-2(4,5)1(6)7/h2-3,6,11-13H,4-5,7-10,14H2,1H3;2*(H,6,7). The third-order valence-corrected chi connectivity index (χ3v) is 5.65. The molecule has 1 spiro atoms. The van der Waals surface area contributed by atoms with Crippen molar-refractivity contribution in [2.24, 2.45) is 0 Å². The minimum absolute atomic E-state index is 0.0325.